The van der Waals surface area contributed by atoms with E-state index >= 15 is 0 Å². The number of hydrogen-bond acceptors (Lipinski definition) is 4. The van der Waals surface area contributed by atoms with Gasteiger partial charge in [-0.1, -0.05) is 24.6 Å². The molecule has 21 heavy (non-hydrogen) atoms. The van der Waals surface area contributed by atoms with Crippen LogP contribution in [0.1, 0.15) is 25.7 Å². The summed E-state index contributed by atoms with van der Waals surface area (Å²) in [6, 6.07) is 9.78. The average Bonchev–Trinajstić information content (AvgIpc) is 2.95. The monoisotopic (exact) mass is 293 g/mol. The number of hydrogen-bond donors (Lipinski definition) is 2. The van der Waals surface area contributed by atoms with Crippen molar-refractivity contribution >= 4 is 0 Å². The zero-order valence-corrected chi connectivity index (χ0v) is 12.9. The number of aliphatic hydroxyl groups excluding tert-OH is 1. The zero-order chi connectivity index (χ0) is 15.0. The molecule has 0 heterocycles. The van der Waals surface area contributed by atoms with Crippen molar-refractivity contribution in [2.75, 3.05) is 33.5 Å². The van der Waals surface area contributed by atoms with Gasteiger partial charge in [-0.2, -0.15) is 0 Å². The van der Waals surface area contributed by atoms with Crippen LogP contribution >= 0.6 is 0 Å². The third kappa shape index (κ3) is 4.43. The molecule has 0 amide bonds. The van der Waals surface area contributed by atoms with Gasteiger partial charge >= 0.3 is 0 Å². The van der Waals surface area contributed by atoms with Gasteiger partial charge in [0.1, 0.15) is 12.4 Å². The molecule has 4 heteroatoms. The van der Waals surface area contributed by atoms with Crippen molar-refractivity contribution in [2.24, 2.45) is 5.92 Å². The first-order chi connectivity index (χ1) is 10.3. The Balaban J connectivity index is 1.59. The molecule has 2 atom stereocenters. The Bertz CT molecular complexity index is 392. The maximum absolute atomic E-state index is 9.63. The van der Waals surface area contributed by atoms with Gasteiger partial charge in [-0.05, 0) is 44.4 Å². The molecular formula is C17H27NO3. The van der Waals surface area contributed by atoms with Crippen molar-refractivity contribution in [1.29, 1.82) is 0 Å². The number of para-hydroxylation sites is 1. The Labute approximate surface area is 127 Å². The van der Waals surface area contributed by atoms with Crippen LogP contribution in [0.25, 0.3) is 0 Å². The maximum atomic E-state index is 9.63. The van der Waals surface area contributed by atoms with Gasteiger partial charge in [0, 0.05) is 12.1 Å². The van der Waals surface area contributed by atoms with Gasteiger partial charge in [0.2, 0.25) is 0 Å². The molecule has 1 aromatic rings. The normalized spacial score (nSPS) is 25.1. The van der Waals surface area contributed by atoms with Crippen molar-refractivity contribution in [2.45, 2.75) is 31.2 Å². The molecular weight excluding hydrogens is 266 g/mol. The molecule has 1 aromatic carbocycles. The van der Waals surface area contributed by atoms with Crippen LogP contribution in [-0.4, -0.2) is 44.1 Å². The zero-order valence-electron chi connectivity index (χ0n) is 12.9. The Morgan fingerprint density at radius 1 is 1.24 bits per heavy atom. The molecule has 118 valence electrons. The van der Waals surface area contributed by atoms with Crippen LogP contribution in [0.2, 0.25) is 0 Å². The minimum Gasteiger partial charge on any atom is -0.491 e. The van der Waals surface area contributed by atoms with Gasteiger partial charge in [0.05, 0.1) is 13.2 Å². The van der Waals surface area contributed by atoms with Crippen molar-refractivity contribution < 1.29 is 14.6 Å². The maximum Gasteiger partial charge on any atom is 0.119 e. The summed E-state index contributed by atoms with van der Waals surface area (Å²) in [5.41, 5.74) is -0.0934. The molecule has 0 spiro atoms. The lowest BCUT2D eigenvalue weighted by Crippen LogP contribution is -2.49. The summed E-state index contributed by atoms with van der Waals surface area (Å²) in [6.45, 7) is 2.12. The van der Waals surface area contributed by atoms with Crippen molar-refractivity contribution in [3.63, 3.8) is 0 Å². The van der Waals surface area contributed by atoms with E-state index in [4.69, 9.17) is 9.47 Å². The summed E-state index contributed by atoms with van der Waals surface area (Å²) in [7, 11) is 1.95. The Morgan fingerprint density at radius 3 is 2.76 bits per heavy atom. The van der Waals surface area contributed by atoms with E-state index in [1.54, 1.807) is 0 Å². The highest BCUT2D eigenvalue weighted by Crippen LogP contribution is 2.37. The van der Waals surface area contributed by atoms with Crippen molar-refractivity contribution in [3.8, 4) is 5.75 Å². The molecule has 4 nitrogen and oxygen atoms in total. The second-order valence-corrected chi connectivity index (χ2v) is 5.72. The van der Waals surface area contributed by atoms with Gasteiger partial charge in [0.25, 0.3) is 0 Å². The fourth-order valence-corrected chi connectivity index (χ4v) is 3.24. The summed E-state index contributed by atoms with van der Waals surface area (Å²) >= 11 is 0. The van der Waals surface area contributed by atoms with Crippen LogP contribution < -0.4 is 10.1 Å². The highest BCUT2D eigenvalue weighted by molar-refractivity contribution is 5.20. The fraction of sp³-hybridized carbons (Fsp3) is 0.647. The van der Waals surface area contributed by atoms with Crippen LogP contribution in [-0.2, 0) is 4.74 Å². The number of nitrogens with one attached hydrogen (secondary N) is 1. The summed E-state index contributed by atoms with van der Waals surface area (Å²) < 4.78 is 11.2. The number of aliphatic hydroxyl groups is 1. The summed E-state index contributed by atoms with van der Waals surface area (Å²) in [4.78, 5) is 0. The lowest BCUT2D eigenvalue weighted by atomic mass is 9.86. The Morgan fingerprint density at radius 2 is 2.05 bits per heavy atom. The number of rotatable bonds is 9. The fourth-order valence-electron chi connectivity index (χ4n) is 3.24. The van der Waals surface area contributed by atoms with Gasteiger partial charge < -0.3 is 19.9 Å². The average molecular weight is 293 g/mol. The van der Waals surface area contributed by atoms with E-state index in [2.05, 4.69) is 5.32 Å². The molecule has 0 radical (unpaired) electrons. The molecule has 1 fully saturated rings. The van der Waals surface area contributed by atoms with Gasteiger partial charge in [0.15, 0.2) is 0 Å². The molecule has 0 saturated heterocycles. The first-order valence-electron chi connectivity index (χ1n) is 7.86. The molecule has 0 aliphatic heterocycles. The minimum absolute atomic E-state index is 0.0934. The lowest BCUT2D eigenvalue weighted by molar-refractivity contribution is 0.0678. The highest BCUT2D eigenvalue weighted by Gasteiger charge is 2.40. The summed E-state index contributed by atoms with van der Waals surface area (Å²) in [5.74, 6) is 1.38. The largest absolute Gasteiger partial charge is 0.491 e. The SMILES string of the molecule is CNC1(CO)CCCC1CCOCCOc1ccccc1. The predicted molar refractivity (Wildman–Crippen MR) is 83.6 cm³/mol. The van der Waals surface area contributed by atoms with Crippen molar-refractivity contribution in [3.05, 3.63) is 30.3 Å². The van der Waals surface area contributed by atoms with E-state index in [1.165, 1.54) is 12.8 Å². The first kappa shape index (κ1) is 16.3. The number of benzene rings is 1. The highest BCUT2D eigenvalue weighted by atomic mass is 16.5. The van der Waals surface area contributed by atoms with Crippen molar-refractivity contribution in [1.82, 2.24) is 5.32 Å². The van der Waals surface area contributed by atoms with Crippen LogP contribution in [0.3, 0.4) is 0 Å². The lowest BCUT2D eigenvalue weighted by Gasteiger charge is -2.33. The predicted octanol–water partition coefficient (Wildman–Crippen LogP) is 2.22. The smallest absolute Gasteiger partial charge is 0.119 e. The van der Waals surface area contributed by atoms with E-state index in [0.717, 1.165) is 25.2 Å². The Hall–Kier alpha value is -1.10. The minimum atomic E-state index is -0.0934. The second kappa shape index (κ2) is 8.37. The quantitative estimate of drug-likeness (QED) is 0.686. The third-order valence-electron chi connectivity index (χ3n) is 4.59. The number of ether oxygens (including phenoxy) is 2. The molecule has 2 rings (SSSR count). The number of likely N-dealkylation sites (N-methyl/N-ethyl adjacent to an activating group) is 1. The summed E-state index contributed by atoms with van der Waals surface area (Å²) in [6.07, 6.45) is 4.41. The van der Waals surface area contributed by atoms with Gasteiger partial charge in [-0.25, -0.2) is 0 Å². The molecule has 1 aliphatic rings. The molecule has 0 aromatic heterocycles. The second-order valence-electron chi connectivity index (χ2n) is 5.72. The summed E-state index contributed by atoms with van der Waals surface area (Å²) in [5, 5.41) is 13.0. The van der Waals surface area contributed by atoms with E-state index in [-0.39, 0.29) is 12.1 Å². The molecule has 1 saturated carbocycles. The standard InChI is InChI=1S/C17H27NO3/c1-18-17(14-19)10-5-6-15(17)9-11-20-12-13-21-16-7-3-2-4-8-16/h2-4,7-8,15,18-19H,5-6,9-14H2,1H3. The molecule has 2 N–H and O–H groups in total. The van der Waals surface area contributed by atoms with Gasteiger partial charge in [-0.3, -0.25) is 0 Å². The van der Waals surface area contributed by atoms with Crippen LogP contribution in [0, 0.1) is 5.92 Å². The molecule has 2 unspecified atom stereocenters. The van der Waals surface area contributed by atoms with E-state index < -0.39 is 0 Å². The van der Waals surface area contributed by atoms with E-state index in [9.17, 15) is 5.11 Å². The third-order valence-corrected chi connectivity index (χ3v) is 4.59. The van der Waals surface area contributed by atoms with Crippen LogP contribution in [0.15, 0.2) is 30.3 Å². The van der Waals surface area contributed by atoms with E-state index in [0.29, 0.717) is 19.1 Å². The van der Waals surface area contributed by atoms with Crippen LogP contribution in [0.4, 0.5) is 0 Å². The van der Waals surface area contributed by atoms with Gasteiger partial charge in [-0.15, -0.1) is 0 Å². The first-order valence-corrected chi connectivity index (χ1v) is 7.86. The van der Waals surface area contributed by atoms with Crippen LogP contribution in [0.5, 0.6) is 5.75 Å². The van der Waals surface area contributed by atoms with E-state index in [1.807, 2.05) is 37.4 Å². The Kier molecular flexibility index (Phi) is 6.49. The topological polar surface area (TPSA) is 50.7 Å². The molecule has 0 bridgehead atoms. The molecule has 1 aliphatic carbocycles.